The fraction of sp³-hybridized carbons (Fsp3) is 0.818. The van der Waals surface area contributed by atoms with Gasteiger partial charge in [-0.25, -0.2) is 0 Å². The minimum atomic E-state index is -1.34. The van der Waals surface area contributed by atoms with E-state index < -0.39 is 51.4 Å². The number of esters is 3. The van der Waals surface area contributed by atoms with Crippen LogP contribution in [0.3, 0.4) is 0 Å². The third-order valence-corrected chi connectivity index (χ3v) is 9.60. The van der Waals surface area contributed by atoms with Crippen LogP contribution in [-0.2, 0) is 38.1 Å². The molecule has 8 nitrogen and oxygen atoms in total. The largest absolute Gasteiger partial charge is 0.469 e. The van der Waals surface area contributed by atoms with E-state index in [1.807, 2.05) is 0 Å². The summed E-state index contributed by atoms with van der Waals surface area (Å²) in [5.74, 6) is -2.77. The molecule has 30 heavy (non-hydrogen) atoms. The van der Waals surface area contributed by atoms with Gasteiger partial charge in [0.05, 0.1) is 19.6 Å². The Hall–Kier alpha value is -1.96. The molecule has 8 atom stereocenters. The van der Waals surface area contributed by atoms with Gasteiger partial charge in [-0.15, -0.1) is 0 Å². The normalized spacial score (nSPS) is 54.4. The highest BCUT2D eigenvalue weighted by Crippen LogP contribution is 2.80. The van der Waals surface area contributed by atoms with Crippen molar-refractivity contribution in [3.05, 3.63) is 0 Å². The van der Waals surface area contributed by atoms with E-state index in [1.54, 1.807) is 6.92 Å². The van der Waals surface area contributed by atoms with E-state index in [4.69, 9.17) is 18.9 Å². The summed E-state index contributed by atoms with van der Waals surface area (Å²) in [7, 11) is 1.34. The van der Waals surface area contributed by atoms with Gasteiger partial charge in [-0.05, 0) is 44.4 Å². The van der Waals surface area contributed by atoms with Crippen molar-refractivity contribution in [2.75, 3.05) is 13.7 Å². The molecule has 6 aliphatic rings. The van der Waals surface area contributed by atoms with Gasteiger partial charge in [0, 0.05) is 25.2 Å². The van der Waals surface area contributed by atoms with Crippen LogP contribution in [0.5, 0.6) is 0 Å². The van der Waals surface area contributed by atoms with Crippen molar-refractivity contribution in [3.8, 4) is 0 Å². The fourth-order valence-corrected chi connectivity index (χ4v) is 8.68. The van der Waals surface area contributed by atoms with Crippen LogP contribution in [0.15, 0.2) is 0 Å². The van der Waals surface area contributed by atoms with Crippen molar-refractivity contribution < 1.29 is 38.1 Å². The predicted molar refractivity (Wildman–Crippen MR) is 97.7 cm³/mol. The third kappa shape index (κ3) is 1.70. The quantitative estimate of drug-likeness (QED) is 0.286. The van der Waals surface area contributed by atoms with Gasteiger partial charge >= 0.3 is 17.9 Å². The van der Waals surface area contributed by atoms with Crippen molar-refractivity contribution in [1.29, 1.82) is 0 Å². The van der Waals surface area contributed by atoms with Gasteiger partial charge in [0.15, 0.2) is 5.78 Å². The van der Waals surface area contributed by atoms with Crippen molar-refractivity contribution in [1.82, 2.24) is 0 Å². The molecule has 2 heterocycles. The molecular formula is C22H26O8. The molecule has 6 rings (SSSR count). The molecule has 4 saturated carbocycles. The molecule has 4 aliphatic carbocycles. The first-order valence-corrected chi connectivity index (χ1v) is 10.8. The van der Waals surface area contributed by atoms with Crippen LogP contribution in [0.25, 0.3) is 0 Å². The lowest BCUT2D eigenvalue weighted by Crippen LogP contribution is -2.52. The van der Waals surface area contributed by atoms with E-state index in [0.717, 1.165) is 0 Å². The molecular weight excluding hydrogens is 392 g/mol. The van der Waals surface area contributed by atoms with Crippen LogP contribution in [0.1, 0.15) is 52.4 Å². The van der Waals surface area contributed by atoms with Gasteiger partial charge in [0.2, 0.25) is 0 Å². The molecule has 0 N–H and O–H groups in total. The van der Waals surface area contributed by atoms with E-state index in [0.29, 0.717) is 38.7 Å². The standard InChI is InChI=1S/C22H26O8/c1-11(23)29-20-6-4-12-19(8-20,9-21(20)10-28-21)14(16(25)27-3)15-18(2)13(24)5-7-22(12,15)30-17(18)26/h12,14-15H,4-10H2,1-3H3/t12?,14?,15?,18-,19+,20-,21-,22+/m0/s1. The maximum Gasteiger partial charge on any atom is 0.320 e. The van der Waals surface area contributed by atoms with E-state index in [9.17, 15) is 19.2 Å². The average Bonchev–Trinajstić information content (AvgIpc) is 3.34. The van der Waals surface area contributed by atoms with Gasteiger partial charge in [-0.2, -0.15) is 0 Å². The fourth-order valence-electron chi connectivity index (χ4n) is 8.68. The summed E-state index contributed by atoms with van der Waals surface area (Å²) in [6.45, 7) is 3.53. The van der Waals surface area contributed by atoms with Crippen molar-refractivity contribution in [2.45, 2.75) is 69.2 Å². The Morgan fingerprint density at radius 2 is 1.90 bits per heavy atom. The first-order chi connectivity index (χ1) is 14.1. The lowest BCUT2D eigenvalue weighted by atomic mass is 9.59. The molecule has 4 bridgehead atoms. The van der Waals surface area contributed by atoms with E-state index in [1.165, 1.54) is 14.0 Å². The molecule has 0 amide bonds. The number of ketones is 1. The minimum Gasteiger partial charge on any atom is -0.469 e. The van der Waals surface area contributed by atoms with Gasteiger partial charge in [0.1, 0.15) is 22.2 Å². The zero-order chi connectivity index (χ0) is 21.3. The Labute approximate surface area is 173 Å². The Balaban J connectivity index is 1.56. The average molecular weight is 418 g/mol. The van der Waals surface area contributed by atoms with E-state index in [-0.39, 0.29) is 24.1 Å². The number of rotatable bonds is 2. The molecule has 0 aromatic heterocycles. The molecule has 6 fully saturated rings. The lowest BCUT2D eigenvalue weighted by molar-refractivity contribution is -0.174. The Morgan fingerprint density at radius 1 is 1.17 bits per heavy atom. The minimum absolute atomic E-state index is 0.0924. The van der Waals surface area contributed by atoms with Gasteiger partial charge in [-0.3, -0.25) is 19.2 Å². The predicted octanol–water partition coefficient (Wildman–Crippen LogP) is 1.33. The summed E-state index contributed by atoms with van der Waals surface area (Å²) in [5.41, 5.74) is -4.15. The Bertz CT molecular complexity index is 922. The Morgan fingerprint density at radius 3 is 2.53 bits per heavy atom. The van der Waals surface area contributed by atoms with Gasteiger partial charge < -0.3 is 18.9 Å². The monoisotopic (exact) mass is 418 g/mol. The first kappa shape index (κ1) is 18.8. The first-order valence-electron chi connectivity index (χ1n) is 10.8. The zero-order valence-electron chi connectivity index (χ0n) is 17.4. The van der Waals surface area contributed by atoms with Crippen LogP contribution in [0.2, 0.25) is 0 Å². The highest BCUT2D eigenvalue weighted by atomic mass is 16.6. The van der Waals surface area contributed by atoms with Crippen molar-refractivity contribution in [3.63, 3.8) is 0 Å². The van der Waals surface area contributed by atoms with Crippen LogP contribution in [0.4, 0.5) is 0 Å². The number of methoxy groups -OCH3 is 1. The molecule has 2 aliphatic heterocycles. The van der Waals surface area contributed by atoms with E-state index in [2.05, 4.69) is 0 Å². The Kier molecular flexibility index (Phi) is 3.18. The summed E-state index contributed by atoms with van der Waals surface area (Å²) in [5, 5.41) is 0. The summed E-state index contributed by atoms with van der Waals surface area (Å²) in [4.78, 5) is 51.3. The number of ether oxygens (including phenoxy) is 4. The summed E-state index contributed by atoms with van der Waals surface area (Å²) in [6, 6.07) is 0. The number of carbonyl (C=O) groups is 4. The van der Waals surface area contributed by atoms with E-state index >= 15 is 0 Å². The molecule has 0 radical (unpaired) electrons. The molecule has 0 aromatic rings. The number of hydrogen-bond acceptors (Lipinski definition) is 8. The summed E-state index contributed by atoms with van der Waals surface area (Å²) in [6.07, 6.45) is 2.99. The molecule has 0 aromatic carbocycles. The SMILES string of the molecule is COC(=O)C1C2[C@]3(C)C(=O)CC[C@@]2(OC3=O)C2CC[C@]3(OC(C)=O)C[C@]12C[C@]31CO1. The van der Waals surface area contributed by atoms with Crippen LogP contribution < -0.4 is 0 Å². The highest BCUT2D eigenvalue weighted by Gasteiger charge is 2.89. The smallest absolute Gasteiger partial charge is 0.320 e. The number of fused-ring (bicyclic) bond motifs is 2. The van der Waals surface area contributed by atoms with Gasteiger partial charge in [-0.1, -0.05) is 0 Å². The van der Waals surface area contributed by atoms with Crippen LogP contribution in [0, 0.1) is 28.6 Å². The molecule has 2 spiro atoms. The second-order valence-electron chi connectivity index (χ2n) is 10.5. The van der Waals surface area contributed by atoms with Crippen molar-refractivity contribution in [2.24, 2.45) is 28.6 Å². The summed E-state index contributed by atoms with van der Waals surface area (Å²) < 4.78 is 23.2. The molecule has 162 valence electrons. The number of epoxide rings is 1. The molecule has 8 heteroatoms. The topological polar surface area (TPSA) is 109 Å². The van der Waals surface area contributed by atoms with Gasteiger partial charge in [0.25, 0.3) is 0 Å². The molecule has 3 unspecified atom stereocenters. The zero-order valence-corrected chi connectivity index (χ0v) is 17.4. The lowest BCUT2D eigenvalue weighted by Gasteiger charge is -2.46. The van der Waals surface area contributed by atoms with Crippen LogP contribution >= 0.6 is 0 Å². The number of Topliss-reactive ketones (excluding diaryl/α,β-unsaturated/α-hetero) is 1. The second-order valence-corrected chi connectivity index (χ2v) is 10.5. The second kappa shape index (κ2) is 5.09. The van der Waals surface area contributed by atoms with Crippen LogP contribution in [-0.4, -0.2) is 54.2 Å². The molecule has 2 saturated heterocycles. The number of carbonyl (C=O) groups excluding carboxylic acids is 4. The third-order valence-electron chi connectivity index (χ3n) is 9.60. The van der Waals surface area contributed by atoms with Crippen molar-refractivity contribution >= 4 is 23.7 Å². The number of hydrogen-bond donors (Lipinski definition) is 0. The summed E-state index contributed by atoms with van der Waals surface area (Å²) >= 11 is 0. The maximum absolute atomic E-state index is 13.3. The highest BCUT2D eigenvalue weighted by molar-refractivity contribution is 6.07. The maximum atomic E-state index is 13.3.